The Kier molecular flexibility index (Phi) is 10.1. The predicted octanol–water partition coefficient (Wildman–Crippen LogP) is 3.56. The number of piperidine rings is 1. The summed E-state index contributed by atoms with van der Waals surface area (Å²) in [6, 6.07) is 4.30. The molecule has 3 aliphatic rings. The smallest absolute Gasteiger partial charge is 0.243 e. The molecule has 0 aromatic heterocycles. The zero-order valence-electron chi connectivity index (χ0n) is 23.9. The fourth-order valence-corrected chi connectivity index (χ4v) is 8.01. The monoisotopic (exact) mass is 548 g/mol. The van der Waals surface area contributed by atoms with E-state index in [9.17, 15) is 13.2 Å². The Bertz CT molecular complexity index is 1020. The van der Waals surface area contributed by atoms with Crippen LogP contribution in [0.4, 0.5) is 0 Å². The third-order valence-corrected chi connectivity index (χ3v) is 11.2. The Morgan fingerprint density at radius 1 is 1.03 bits per heavy atom. The summed E-state index contributed by atoms with van der Waals surface area (Å²) in [5, 5.41) is 3.17. The van der Waals surface area contributed by atoms with Gasteiger partial charge in [-0.25, -0.2) is 12.7 Å². The second-order valence-electron chi connectivity index (χ2n) is 11.7. The zero-order valence-corrected chi connectivity index (χ0v) is 24.7. The number of methoxy groups -OCH3 is 1. The molecule has 1 aliphatic carbocycles. The summed E-state index contributed by atoms with van der Waals surface area (Å²) in [5.41, 5.74) is 1.29. The first kappa shape index (κ1) is 29.3. The lowest BCUT2D eigenvalue weighted by Gasteiger charge is -2.41. The van der Waals surface area contributed by atoms with Crippen molar-refractivity contribution in [2.45, 2.75) is 88.6 Å². The summed E-state index contributed by atoms with van der Waals surface area (Å²) in [7, 11) is -0.580. The molecule has 2 saturated heterocycles. The first-order valence-corrected chi connectivity index (χ1v) is 16.0. The van der Waals surface area contributed by atoms with Crippen LogP contribution in [-0.4, -0.2) is 93.9 Å². The SMILES string of the molecule is COc1cc(C)c(S(=O)(=O)N(C)CCC(=O)N[C@H]2CC[C@@H](N3CCC(CCN4CCC4)CC3)CC2)c(C)c1. The molecule has 1 amide bonds. The molecule has 38 heavy (non-hydrogen) atoms. The molecule has 214 valence electrons. The summed E-state index contributed by atoms with van der Waals surface area (Å²) in [6.07, 6.45) is 9.84. The Morgan fingerprint density at radius 3 is 2.21 bits per heavy atom. The summed E-state index contributed by atoms with van der Waals surface area (Å²) >= 11 is 0. The summed E-state index contributed by atoms with van der Waals surface area (Å²) in [4.78, 5) is 18.3. The minimum atomic E-state index is -3.69. The fraction of sp³-hybridized carbons (Fsp3) is 0.759. The van der Waals surface area contributed by atoms with E-state index in [0.717, 1.165) is 31.6 Å². The molecule has 0 bridgehead atoms. The predicted molar refractivity (Wildman–Crippen MR) is 151 cm³/mol. The Labute approximate surface area is 230 Å². The summed E-state index contributed by atoms with van der Waals surface area (Å²) in [5.74, 6) is 1.46. The maximum absolute atomic E-state index is 13.2. The molecule has 2 aliphatic heterocycles. The number of hydrogen-bond acceptors (Lipinski definition) is 6. The van der Waals surface area contributed by atoms with E-state index in [1.807, 2.05) is 0 Å². The average molecular weight is 549 g/mol. The van der Waals surface area contributed by atoms with Gasteiger partial charge < -0.3 is 19.9 Å². The molecule has 0 radical (unpaired) electrons. The normalized spacial score (nSPS) is 23.8. The van der Waals surface area contributed by atoms with E-state index in [4.69, 9.17) is 4.74 Å². The van der Waals surface area contributed by atoms with E-state index < -0.39 is 10.0 Å². The number of nitrogens with one attached hydrogen (secondary N) is 1. The minimum Gasteiger partial charge on any atom is -0.497 e. The van der Waals surface area contributed by atoms with Gasteiger partial charge in [0.25, 0.3) is 0 Å². The highest BCUT2D eigenvalue weighted by Gasteiger charge is 2.30. The van der Waals surface area contributed by atoms with E-state index in [1.165, 1.54) is 62.7 Å². The van der Waals surface area contributed by atoms with Crippen molar-refractivity contribution >= 4 is 15.9 Å². The van der Waals surface area contributed by atoms with Crippen molar-refractivity contribution in [3.63, 3.8) is 0 Å². The van der Waals surface area contributed by atoms with Crippen molar-refractivity contribution in [2.75, 3.05) is 53.4 Å². The van der Waals surface area contributed by atoms with Gasteiger partial charge in [-0.2, -0.15) is 0 Å². The van der Waals surface area contributed by atoms with Crippen LogP contribution in [0.2, 0.25) is 0 Å². The summed E-state index contributed by atoms with van der Waals surface area (Å²) < 4.78 is 33.0. The van der Waals surface area contributed by atoms with Crippen molar-refractivity contribution < 1.29 is 17.9 Å². The quantitative estimate of drug-likeness (QED) is 0.456. The molecule has 2 heterocycles. The van der Waals surface area contributed by atoms with Crippen molar-refractivity contribution in [1.29, 1.82) is 0 Å². The van der Waals surface area contributed by atoms with Crippen LogP contribution in [-0.2, 0) is 14.8 Å². The average Bonchev–Trinajstić information content (AvgIpc) is 2.86. The van der Waals surface area contributed by atoms with Crippen molar-refractivity contribution in [2.24, 2.45) is 5.92 Å². The van der Waals surface area contributed by atoms with Gasteiger partial charge in [0, 0.05) is 32.1 Å². The number of carbonyl (C=O) groups is 1. The number of likely N-dealkylation sites (tertiary alicyclic amines) is 2. The summed E-state index contributed by atoms with van der Waals surface area (Å²) in [6.45, 7) is 10.0. The van der Waals surface area contributed by atoms with Crippen LogP contribution >= 0.6 is 0 Å². The van der Waals surface area contributed by atoms with Gasteiger partial charge in [-0.1, -0.05) is 0 Å². The number of sulfonamides is 1. The van der Waals surface area contributed by atoms with Gasteiger partial charge in [0.05, 0.1) is 12.0 Å². The molecular weight excluding hydrogens is 500 g/mol. The highest BCUT2D eigenvalue weighted by atomic mass is 32.2. The number of amides is 1. The van der Waals surface area contributed by atoms with Crippen molar-refractivity contribution in [3.05, 3.63) is 23.3 Å². The second kappa shape index (κ2) is 13.1. The third-order valence-electron chi connectivity index (χ3n) is 9.02. The van der Waals surface area contributed by atoms with Crippen LogP contribution in [0.25, 0.3) is 0 Å². The molecule has 0 atom stereocenters. The van der Waals surface area contributed by atoms with Gasteiger partial charge in [-0.05, 0) is 127 Å². The number of benzene rings is 1. The molecule has 8 nitrogen and oxygen atoms in total. The van der Waals surface area contributed by atoms with Gasteiger partial charge in [0.15, 0.2) is 0 Å². The van der Waals surface area contributed by atoms with Crippen LogP contribution in [0.1, 0.15) is 68.9 Å². The molecule has 9 heteroatoms. The topological polar surface area (TPSA) is 82.2 Å². The van der Waals surface area contributed by atoms with E-state index in [2.05, 4.69) is 15.1 Å². The molecule has 0 unspecified atom stereocenters. The van der Waals surface area contributed by atoms with Gasteiger partial charge in [0.2, 0.25) is 15.9 Å². The van der Waals surface area contributed by atoms with Gasteiger partial charge in [-0.3, -0.25) is 4.79 Å². The highest BCUT2D eigenvalue weighted by Crippen LogP contribution is 2.30. The number of aryl methyl sites for hydroxylation is 2. The van der Waals surface area contributed by atoms with Crippen LogP contribution in [0.3, 0.4) is 0 Å². The molecule has 1 aromatic carbocycles. The molecule has 4 rings (SSSR count). The van der Waals surface area contributed by atoms with E-state index in [-0.39, 0.29) is 24.9 Å². The minimum absolute atomic E-state index is 0.0679. The zero-order chi connectivity index (χ0) is 27.3. The first-order chi connectivity index (χ1) is 18.2. The number of rotatable bonds is 11. The van der Waals surface area contributed by atoms with E-state index in [0.29, 0.717) is 27.8 Å². The van der Waals surface area contributed by atoms with Crippen LogP contribution in [0, 0.1) is 19.8 Å². The first-order valence-electron chi connectivity index (χ1n) is 14.5. The highest BCUT2D eigenvalue weighted by molar-refractivity contribution is 7.89. The van der Waals surface area contributed by atoms with Gasteiger partial charge in [0.1, 0.15) is 5.75 Å². The molecular formula is C29H48N4O4S. The molecule has 3 fully saturated rings. The van der Waals surface area contributed by atoms with E-state index in [1.54, 1.807) is 40.1 Å². The molecule has 1 aromatic rings. The second-order valence-corrected chi connectivity index (χ2v) is 13.7. The Balaban J connectivity index is 1.16. The number of carbonyl (C=O) groups excluding carboxylic acids is 1. The Morgan fingerprint density at radius 2 is 1.66 bits per heavy atom. The van der Waals surface area contributed by atoms with Crippen molar-refractivity contribution in [1.82, 2.24) is 19.4 Å². The number of hydrogen-bond donors (Lipinski definition) is 1. The molecule has 1 N–H and O–H groups in total. The van der Waals surface area contributed by atoms with Crippen LogP contribution in [0.5, 0.6) is 5.75 Å². The van der Waals surface area contributed by atoms with Crippen molar-refractivity contribution in [3.8, 4) is 5.75 Å². The maximum atomic E-state index is 13.2. The van der Waals surface area contributed by atoms with Gasteiger partial charge >= 0.3 is 0 Å². The largest absolute Gasteiger partial charge is 0.497 e. The standard InChI is InChI=1S/C29H48N4O4S/c1-22-20-27(37-4)21-23(2)29(22)38(35,36)31(3)16-13-28(34)30-25-6-8-26(9-7-25)33-18-11-24(12-19-33)10-17-32-14-5-15-32/h20-21,24-26H,5-19H2,1-4H3,(H,30,34)/t25-,26+. The third kappa shape index (κ3) is 7.29. The fourth-order valence-electron chi connectivity index (χ4n) is 6.43. The lowest BCUT2D eigenvalue weighted by molar-refractivity contribution is -0.122. The lowest BCUT2D eigenvalue weighted by atomic mass is 9.86. The van der Waals surface area contributed by atoms with E-state index >= 15 is 0 Å². The lowest BCUT2D eigenvalue weighted by Crippen LogP contribution is -2.47. The Hall–Kier alpha value is -1.68. The molecule has 0 spiro atoms. The number of nitrogens with zero attached hydrogens (tertiary/aromatic N) is 3. The van der Waals surface area contributed by atoms with Gasteiger partial charge in [-0.15, -0.1) is 0 Å². The van der Waals surface area contributed by atoms with Crippen LogP contribution < -0.4 is 10.1 Å². The molecule has 1 saturated carbocycles. The maximum Gasteiger partial charge on any atom is 0.243 e. The number of ether oxygens (including phenoxy) is 1. The van der Waals surface area contributed by atoms with Crippen LogP contribution in [0.15, 0.2) is 17.0 Å².